The van der Waals surface area contributed by atoms with Gasteiger partial charge in [0.2, 0.25) is 5.88 Å². The first-order valence-corrected chi connectivity index (χ1v) is 11.7. The summed E-state index contributed by atoms with van der Waals surface area (Å²) in [5.74, 6) is 1.36. The molecule has 4 aromatic rings. The molecule has 2 heterocycles. The molecule has 32 heavy (non-hydrogen) atoms. The second kappa shape index (κ2) is 8.53. The zero-order valence-corrected chi connectivity index (χ0v) is 19.5. The van der Waals surface area contributed by atoms with Crippen LogP contribution in [-0.4, -0.2) is 21.9 Å². The Morgan fingerprint density at radius 2 is 1.75 bits per heavy atom. The van der Waals surface area contributed by atoms with Crippen LogP contribution < -0.4 is 4.74 Å². The van der Waals surface area contributed by atoms with Crippen LogP contribution in [0, 0.1) is 11.7 Å². The number of ether oxygens (including phenoxy) is 1. The predicted molar refractivity (Wildman–Crippen MR) is 127 cm³/mol. The van der Waals surface area contributed by atoms with Gasteiger partial charge in [-0.3, -0.25) is 4.98 Å². The molecule has 2 aromatic heterocycles. The molecular formula is C25H24Cl2FN3O. The lowest BCUT2D eigenvalue weighted by atomic mass is 9.75. The molecule has 1 aliphatic carbocycles. The first kappa shape index (κ1) is 21.5. The van der Waals surface area contributed by atoms with Crippen LogP contribution in [0.4, 0.5) is 4.39 Å². The SMILES string of the molecule is COc1c2cc(Cl)c(Cl)cc2nn1[C@H](C)C1CCC(c2ccnc3ccc(F)cc23)CC1. The molecule has 1 saturated carbocycles. The topological polar surface area (TPSA) is 39.9 Å². The van der Waals surface area contributed by atoms with Crippen LogP contribution >= 0.6 is 23.2 Å². The Morgan fingerprint density at radius 1 is 1.00 bits per heavy atom. The van der Waals surface area contributed by atoms with Gasteiger partial charge in [0.25, 0.3) is 0 Å². The molecule has 2 aromatic carbocycles. The lowest BCUT2D eigenvalue weighted by molar-refractivity contribution is 0.219. The van der Waals surface area contributed by atoms with Crippen molar-refractivity contribution in [3.8, 4) is 5.88 Å². The Balaban J connectivity index is 1.39. The highest BCUT2D eigenvalue weighted by Gasteiger charge is 2.30. The quantitative estimate of drug-likeness (QED) is 0.308. The first-order chi connectivity index (χ1) is 15.5. The van der Waals surface area contributed by atoms with Gasteiger partial charge in [0, 0.05) is 11.6 Å². The van der Waals surface area contributed by atoms with Crippen LogP contribution in [0.2, 0.25) is 10.0 Å². The Bertz CT molecular complexity index is 1300. The van der Waals surface area contributed by atoms with Gasteiger partial charge < -0.3 is 4.74 Å². The Labute approximate surface area is 196 Å². The summed E-state index contributed by atoms with van der Waals surface area (Å²) >= 11 is 12.4. The molecule has 166 valence electrons. The molecule has 0 saturated heterocycles. The number of methoxy groups -OCH3 is 1. The molecule has 0 radical (unpaired) electrons. The Morgan fingerprint density at radius 3 is 2.50 bits per heavy atom. The van der Waals surface area contributed by atoms with Gasteiger partial charge in [0.05, 0.1) is 39.6 Å². The molecule has 0 aliphatic heterocycles. The molecular weight excluding hydrogens is 448 g/mol. The standard InChI is InChI=1S/C25H24Cl2FN3O/c1-14(31-25(32-2)20-12-21(26)22(27)13-24(20)30-31)15-3-5-16(6-4-15)18-9-10-29-23-8-7-17(28)11-19(18)23/h7-16H,3-6H2,1-2H3/t14-,15?,16?/m1/s1. The van der Waals surface area contributed by atoms with E-state index in [2.05, 4.69) is 11.9 Å². The van der Waals surface area contributed by atoms with Crippen molar-refractivity contribution in [3.63, 3.8) is 0 Å². The number of nitrogens with zero attached hydrogens (tertiary/aromatic N) is 3. The second-order valence-corrected chi connectivity index (χ2v) is 9.47. The largest absolute Gasteiger partial charge is 0.481 e. The van der Waals surface area contributed by atoms with Crippen LogP contribution in [-0.2, 0) is 0 Å². The molecule has 4 nitrogen and oxygen atoms in total. The number of hydrogen-bond donors (Lipinski definition) is 0. The van der Waals surface area contributed by atoms with E-state index in [0.717, 1.165) is 47.5 Å². The predicted octanol–water partition coefficient (Wildman–Crippen LogP) is 7.57. The van der Waals surface area contributed by atoms with E-state index < -0.39 is 0 Å². The molecule has 0 N–H and O–H groups in total. The van der Waals surface area contributed by atoms with E-state index in [-0.39, 0.29) is 11.9 Å². The Kier molecular flexibility index (Phi) is 5.72. The van der Waals surface area contributed by atoms with E-state index in [9.17, 15) is 4.39 Å². The summed E-state index contributed by atoms with van der Waals surface area (Å²) < 4.78 is 21.6. The van der Waals surface area contributed by atoms with Gasteiger partial charge >= 0.3 is 0 Å². The van der Waals surface area contributed by atoms with Crippen LogP contribution in [0.1, 0.15) is 50.1 Å². The van der Waals surface area contributed by atoms with Crippen LogP contribution in [0.15, 0.2) is 42.6 Å². The van der Waals surface area contributed by atoms with E-state index in [1.165, 1.54) is 11.6 Å². The summed E-state index contributed by atoms with van der Waals surface area (Å²) in [4.78, 5) is 4.40. The minimum atomic E-state index is -0.216. The fourth-order valence-corrected chi connectivity index (χ4v) is 5.48. The molecule has 0 amide bonds. The molecule has 7 heteroatoms. The minimum absolute atomic E-state index is 0.169. The minimum Gasteiger partial charge on any atom is -0.481 e. The fraction of sp³-hybridized carbons (Fsp3) is 0.360. The van der Waals surface area contributed by atoms with Crippen molar-refractivity contribution in [2.45, 2.75) is 44.6 Å². The van der Waals surface area contributed by atoms with Crippen LogP contribution in [0.5, 0.6) is 5.88 Å². The third-order valence-corrected chi connectivity index (χ3v) is 7.63. The van der Waals surface area contributed by atoms with Crippen molar-refractivity contribution in [2.24, 2.45) is 5.92 Å². The van der Waals surface area contributed by atoms with Gasteiger partial charge in [-0.25, -0.2) is 9.07 Å². The van der Waals surface area contributed by atoms with Crippen molar-refractivity contribution < 1.29 is 9.13 Å². The maximum absolute atomic E-state index is 13.9. The fourth-order valence-electron chi connectivity index (χ4n) is 5.16. The highest BCUT2D eigenvalue weighted by atomic mass is 35.5. The molecule has 5 rings (SSSR count). The van der Waals surface area contributed by atoms with E-state index >= 15 is 0 Å². The average Bonchev–Trinajstić information content (AvgIpc) is 3.15. The van der Waals surface area contributed by atoms with Gasteiger partial charge in [-0.2, -0.15) is 5.10 Å². The number of fused-ring (bicyclic) bond motifs is 2. The number of benzene rings is 2. The van der Waals surface area contributed by atoms with Gasteiger partial charge in [0.15, 0.2) is 0 Å². The van der Waals surface area contributed by atoms with Gasteiger partial charge in [-0.15, -0.1) is 0 Å². The van der Waals surface area contributed by atoms with Gasteiger partial charge in [-0.1, -0.05) is 23.2 Å². The van der Waals surface area contributed by atoms with Crippen LogP contribution in [0.25, 0.3) is 21.8 Å². The molecule has 1 aliphatic rings. The first-order valence-electron chi connectivity index (χ1n) is 10.9. The van der Waals surface area contributed by atoms with Crippen molar-refractivity contribution in [1.29, 1.82) is 0 Å². The lowest BCUT2D eigenvalue weighted by Gasteiger charge is -2.33. The number of hydrogen-bond acceptors (Lipinski definition) is 3. The van der Waals surface area contributed by atoms with E-state index in [0.29, 0.717) is 27.8 Å². The average molecular weight is 472 g/mol. The molecule has 0 bridgehead atoms. The summed E-state index contributed by atoms with van der Waals surface area (Å²) in [6.07, 6.45) is 6.05. The van der Waals surface area contributed by atoms with Crippen molar-refractivity contribution >= 4 is 45.0 Å². The summed E-state index contributed by atoms with van der Waals surface area (Å²) in [6.45, 7) is 2.19. The smallest absolute Gasteiger partial charge is 0.219 e. The lowest BCUT2D eigenvalue weighted by Crippen LogP contribution is -2.23. The second-order valence-electron chi connectivity index (χ2n) is 8.65. The number of halogens is 3. The third kappa shape index (κ3) is 3.71. The zero-order chi connectivity index (χ0) is 22.4. The highest BCUT2D eigenvalue weighted by Crippen LogP contribution is 2.43. The zero-order valence-electron chi connectivity index (χ0n) is 18.0. The van der Waals surface area contributed by atoms with E-state index in [4.69, 9.17) is 33.0 Å². The number of pyridine rings is 1. The third-order valence-electron chi connectivity index (χ3n) is 6.90. The van der Waals surface area contributed by atoms with Crippen LogP contribution in [0.3, 0.4) is 0 Å². The molecule has 1 fully saturated rings. The summed E-state index contributed by atoms with van der Waals surface area (Å²) in [7, 11) is 1.66. The van der Waals surface area contributed by atoms with Gasteiger partial charge in [-0.05, 0) is 86.4 Å². The summed E-state index contributed by atoms with van der Waals surface area (Å²) in [6, 6.07) is 10.7. The highest BCUT2D eigenvalue weighted by molar-refractivity contribution is 6.42. The number of aromatic nitrogens is 3. The summed E-state index contributed by atoms with van der Waals surface area (Å²) in [5, 5.41) is 7.56. The van der Waals surface area contributed by atoms with E-state index in [1.807, 2.05) is 23.0 Å². The summed E-state index contributed by atoms with van der Waals surface area (Å²) in [5.41, 5.74) is 2.83. The molecule has 1 atom stereocenters. The maximum atomic E-state index is 13.9. The molecule has 0 unspecified atom stereocenters. The van der Waals surface area contributed by atoms with Crippen molar-refractivity contribution in [1.82, 2.24) is 14.8 Å². The van der Waals surface area contributed by atoms with Gasteiger partial charge in [0.1, 0.15) is 5.82 Å². The normalized spacial score (nSPS) is 20.0. The number of rotatable bonds is 4. The monoisotopic (exact) mass is 471 g/mol. The molecule has 0 spiro atoms. The van der Waals surface area contributed by atoms with Crippen molar-refractivity contribution in [3.05, 3.63) is 64.0 Å². The van der Waals surface area contributed by atoms with Crippen molar-refractivity contribution in [2.75, 3.05) is 7.11 Å². The van der Waals surface area contributed by atoms with E-state index in [1.54, 1.807) is 25.3 Å². The maximum Gasteiger partial charge on any atom is 0.219 e. The Hall–Kier alpha value is -2.37.